The molecule has 2 aromatic rings. The number of nitrogens with zero attached hydrogens (tertiary/aromatic N) is 1. The van der Waals surface area contributed by atoms with Crippen LogP contribution in [0.1, 0.15) is 63.4 Å². The van der Waals surface area contributed by atoms with Gasteiger partial charge < -0.3 is 42.2 Å². The van der Waals surface area contributed by atoms with E-state index in [-0.39, 0.29) is 50.9 Å². The number of amides is 4. The first-order valence-corrected chi connectivity index (χ1v) is 17.0. The summed E-state index contributed by atoms with van der Waals surface area (Å²) < 4.78 is 5.26. The molecule has 2 aromatic carbocycles. The molecule has 1 fully saturated rings. The highest BCUT2D eigenvalue weighted by atomic mass is 16.5. The van der Waals surface area contributed by atoms with Crippen molar-refractivity contribution in [2.24, 2.45) is 11.5 Å². The quantitative estimate of drug-likeness (QED) is 0.0975. The van der Waals surface area contributed by atoms with Gasteiger partial charge in [0.25, 0.3) is 0 Å². The van der Waals surface area contributed by atoms with Crippen LogP contribution < -0.4 is 27.4 Å². The van der Waals surface area contributed by atoms with Crippen molar-refractivity contribution < 1.29 is 33.8 Å². The van der Waals surface area contributed by atoms with Crippen molar-refractivity contribution in [3.63, 3.8) is 0 Å². The Hall–Kier alpha value is -3.91. The zero-order chi connectivity index (χ0) is 34.7. The highest BCUT2D eigenvalue weighted by Crippen LogP contribution is 2.23. The first-order valence-electron chi connectivity index (χ1n) is 17.0. The van der Waals surface area contributed by atoms with Crippen LogP contribution in [0.3, 0.4) is 0 Å². The summed E-state index contributed by atoms with van der Waals surface area (Å²) in [6, 6.07) is 11.2. The van der Waals surface area contributed by atoms with Gasteiger partial charge in [0.05, 0.1) is 19.6 Å². The molecule has 13 heteroatoms. The van der Waals surface area contributed by atoms with Crippen molar-refractivity contribution >= 4 is 40.2 Å². The van der Waals surface area contributed by atoms with Gasteiger partial charge in [0.2, 0.25) is 23.6 Å². The molecule has 48 heavy (non-hydrogen) atoms. The topological polar surface area (TPSA) is 206 Å². The highest BCUT2D eigenvalue weighted by molar-refractivity contribution is 5.95. The molecule has 1 aliphatic heterocycles. The van der Waals surface area contributed by atoms with Crippen LogP contribution in [0.25, 0.3) is 10.8 Å². The van der Waals surface area contributed by atoms with E-state index >= 15 is 0 Å². The summed E-state index contributed by atoms with van der Waals surface area (Å²) in [6.45, 7) is 1.11. The third-order valence-electron chi connectivity index (χ3n) is 8.46. The SMILES string of the molecule is NCCCCC(NC(=O)C(CCCCN)NC(=O)C1CCCN1C(=O)Cc1cccc2ccccc12)C(=O)NCCOCC(=O)CCO. The Labute approximate surface area is 282 Å². The molecule has 3 unspecified atom stereocenters. The summed E-state index contributed by atoms with van der Waals surface area (Å²) in [5.74, 6) is -1.70. The molecular weight excluding hydrogens is 616 g/mol. The highest BCUT2D eigenvalue weighted by Gasteiger charge is 2.36. The number of hydrogen-bond donors (Lipinski definition) is 6. The molecule has 0 aliphatic carbocycles. The van der Waals surface area contributed by atoms with E-state index in [2.05, 4.69) is 16.0 Å². The predicted molar refractivity (Wildman–Crippen MR) is 183 cm³/mol. The summed E-state index contributed by atoms with van der Waals surface area (Å²) in [5.41, 5.74) is 12.2. The summed E-state index contributed by atoms with van der Waals surface area (Å²) in [7, 11) is 0. The van der Waals surface area contributed by atoms with Gasteiger partial charge in [-0.15, -0.1) is 0 Å². The minimum atomic E-state index is -0.926. The Bertz CT molecular complexity index is 1350. The summed E-state index contributed by atoms with van der Waals surface area (Å²) in [4.78, 5) is 66.9. The van der Waals surface area contributed by atoms with Crippen LogP contribution in [0.5, 0.6) is 0 Å². The zero-order valence-electron chi connectivity index (χ0n) is 27.8. The molecule has 8 N–H and O–H groups in total. The van der Waals surface area contributed by atoms with Crippen molar-refractivity contribution in [2.45, 2.75) is 82.3 Å². The second kappa shape index (κ2) is 21.1. The Kier molecular flexibility index (Phi) is 17.0. The van der Waals surface area contributed by atoms with Crippen LogP contribution in [0, 0.1) is 0 Å². The second-order valence-corrected chi connectivity index (χ2v) is 12.1. The number of unbranched alkanes of at least 4 members (excludes halogenated alkanes) is 2. The number of hydrogen-bond acceptors (Lipinski definition) is 9. The monoisotopic (exact) mass is 668 g/mol. The number of rotatable bonds is 22. The molecule has 3 atom stereocenters. The number of Topliss-reactive ketones (excluding diaryl/α,β-unsaturated/α-hetero) is 1. The number of carbonyl (C=O) groups is 5. The standard InChI is InChI=1S/C35H52N6O7/c36-17-5-3-13-29(33(45)38-19-22-48-24-27(43)16-21-42)39-34(46)30(14-4-6-18-37)40-35(47)31-15-8-20-41(31)32(44)23-26-11-7-10-25-9-1-2-12-28(25)26/h1-2,7,9-12,29-31,42H,3-6,8,13-24,36-37H2,(H,38,45)(H,39,46)(H,40,47). The molecule has 0 bridgehead atoms. The average Bonchev–Trinajstić information content (AvgIpc) is 3.58. The predicted octanol–water partition coefficient (Wildman–Crippen LogP) is 0.685. The van der Waals surface area contributed by atoms with Gasteiger partial charge in [-0.1, -0.05) is 42.5 Å². The van der Waals surface area contributed by atoms with E-state index in [1.807, 2.05) is 42.5 Å². The minimum Gasteiger partial charge on any atom is -0.396 e. The first kappa shape index (κ1) is 38.5. The van der Waals surface area contributed by atoms with Gasteiger partial charge in [-0.05, 0) is 80.8 Å². The number of nitrogens with two attached hydrogens (primary N) is 2. The normalized spacial score (nSPS) is 15.6. The Morgan fingerprint density at radius 3 is 2.29 bits per heavy atom. The fourth-order valence-corrected chi connectivity index (χ4v) is 5.86. The molecule has 1 heterocycles. The second-order valence-electron chi connectivity index (χ2n) is 12.1. The number of carbonyl (C=O) groups excluding carboxylic acids is 5. The third kappa shape index (κ3) is 12.3. The lowest BCUT2D eigenvalue weighted by molar-refractivity contribution is -0.139. The average molecular weight is 669 g/mol. The zero-order valence-corrected chi connectivity index (χ0v) is 27.8. The summed E-state index contributed by atoms with van der Waals surface area (Å²) >= 11 is 0. The Morgan fingerprint density at radius 1 is 0.896 bits per heavy atom. The smallest absolute Gasteiger partial charge is 0.243 e. The van der Waals surface area contributed by atoms with Gasteiger partial charge in [-0.25, -0.2) is 0 Å². The van der Waals surface area contributed by atoms with Crippen LogP contribution in [0.15, 0.2) is 42.5 Å². The summed E-state index contributed by atoms with van der Waals surface area (Å²) in [5, 5.41) is 19.3. The van der Waals surface area contributed by atoms with Crippen LogP contribution in [0.2, 0.25) is 0 Å². The lowest BCUT2D eigenvalue weighted by atomic mass is 10.0. The van der Waals surface area contributed by atoms with Gasteiger partial charge in [0.1, 0.15) is 24.7 Å². The van der Waals surface area contributed by atoms with E-state index in [0.29, 0.717) is 71.0 Å². The van der Waals surface area contributed by atoms with Crippen molar-refractivity contribution in [2.75, 3.05) is 46.0 Å². The lowest BCUT2D eigenvalue weighted by Gasteiger charge is -2.28. The van der Waals surface area contributed by atoms with E-state index in [9.17, 15) is 24.0 Å². The number of aliphatic hydroxyl groups is 1. The van der Waals surface area contributed by atoms with Gasteiger partial charge in [-0.2, -0.15) is 0 Å². The van der Waals surface area contributed by atoms with Crippen LogP contribution in [-0.4, -0.2) is 104 Å². The summed E-state index contributed by atoms with van der Waals surface area (Å²) in [6.07, 6.45) is 4.48. The Morgan fingerprint density at radius 2 is 1.58 bits per heavy atom. The van der Waals surface area contributed by atoms with Crippen molar-refractivity contribution in [3.05, 3.63) is 48.0 Å². The van der Waals surface area contributed by atoms with Gasteiger partial charge >= 0.3 is 0 Å². The molecule has 264 valence electrons. The molecular formula is C35H52N6O7. The number of likely N-dealkylation sites (tertiary alicyclic amines) is 1. The van der Waals surface area contributed by atoms with Crippen LogP contribution in [-0.2, 0) is 35.1 Å². The van der Waals surface area contributed by atoms with E-state index in [1.54, 1.807) is 4.90 Å². The Balaban J connectivity index is 1.64. The largest absolute Gasteiger partial charge is 0.396 e. The number of ketones is 1. The van der Waals surface area contributed by atoms with Crippen molar-refractivity contribution in [1.82, 2.24) is 20.9 Å². The molecule has 0 aromatic heterocycles. The molecule has 3 rings (SSSR count). The fourth-order valence-electron chi connectivity index (χ4n) is 5.86. The van der Waals surface area contributed by atoms with Gasteiger partial charge in [0, 0.05) is 19.5 Å². The van der Waals surface area contributed by atoms with E-state index in [1.165, 1.54) is 0 Å². The lowest BCUT2D eigenvalue weighted by Crippen LogP contribution is -2.56. The molecule has 4 amide bonds. The maximum atomic E-state index is 13.6. The van der Waals surface area contributed by atoms with Crippen molar-refractivity contribution in [3.8, 4) is 0 Å². The maximum absolute atomic E-state index is 13.6. The number of benzene rings is 2. The molecule has 0 radical (unpaired) electrons. The van der Waals surface area contributed by atoms with Crippen molar-refractivity contribution in [1.29, 1.82) is 0 Å². The number of nitrogens with one attached hydrogen (secondary N) is 3. The molecule has 0 saturated carbocycles. The number of fused-ring (bicyclic) bond motifs is 1. The third-order valence-corrected chi connectivity index (χ3v) is 8.46. The van der Waals surface area contributed by atoms with Gasteiger partial charge in [-0.3, -0.25) is 24.0 Å². The molecule has 1 saturated heterocycles. The molecule has 0 spiro atoms. The fraction of sp³-hybridized carbons (Fsp3) is 0.571. The molecule has 13 nitrogen and oxygen atoms in total. The van der Waals surface area contributed by atoms with Crippen LogP contribution >= 0.6 is 0 Å². The minimum absolute atomic E-state index is 0.00475. The van der Waals surface area contributed by atoms with Crippen LogP contribution in [0.4, 0.5) is 0 Å². The van der Waals surface area contributed by atoms with E-state index in [0.717, 1.165) is 16.3 Å². The van der Waals surface area contributed by atoms with E-state index in [4.69, 9.17) is 21.3 Å². The molecule has 1 aliphatic rings. The van der Waals surface area contributed by atoms with E-state index < -0.39 is 35.8 Å². The number of ether oxygens (including phenoxy) is 1. The van der Waals surface area contributed by atoms with Gasteiger partial charge in [0.15, 0.2) is 5.78 Å². The first-order chi connectivity index (χ1) is 23.3. The number of aliphatic hydroxyl groups excluding tert-OH is 1. The maximum Gasteiger partial charge on any atom is 0.243 e.